The summed E-state index contributed by atoms with van der Waals surface area (Å²) in [5.41, 5.74) is -0.382. The molecule has 104 valence electrons. The summed E-state index contributed by atoms with van der Waals surface area (Å²) in [5, 5.41) is 0. The largest absolute Gasteiger partial charge is 0.380 e. The first-order valence-electron chi connectivity index (χ1n) is 6.17. The van der Waals surface area contributed by atoms with Gasteiger partial charge in [-0.25, -0.2) is 8.42 Å². The van der Waals surface area contributed by atoms with Crippen molar-refractivity contribution in [1.29, 1.82) is 0 Å². The highest BCUT2D eigenvalue weighted by molar-refractivity contribution is 7.88. The molecule has 2 saturated heterocycles. The highest BCUT2D eigenvalue weighted by Gasteiger charge is 2.37. The van der Waals surface area contributed by atoms with Gasteiger partial charge in [0.05, 0.1) is 18.3 Å². The Labute approximate surface area is 108 Å². The second-order valence-electron chi connectivity index (χ2n) is 5.22. The number of carbonyl (C=O) groups is 1. The van der Waals surface area contributed by atoms with Crippen molar-refractivity contribution in [2.75, 3.05) is 52.2 Å². The van der Waals surface area contributed by atoms with Crippen LogP contribution in [0.5, 0.6) is 0 Å². The lowest BCUT2D eigenvalue weighted by Gasteiger charge is -2.36. The molecule has 0 aromatic carbocycles. The third-order valence-electron chi connectivity index (χ3n) is 3.72. The molecule has 1 unspecified atom stereocenters. The number of nitrogens with zero attached hydrogens (tertiary/aromatic N) is 2. The van der Waals surface area contributed by atoms with Gasteiger partial charge in [0, 0.05) is 39.3 Å². The van der Waals surface area contributed by atoms with Gasteiger partial charge in [0.25, 0.3) is 0 Å². The fraction of sp³-hybridized carbons (Fsp3) is 0.909. The summed E-state index contributed by atoms with van der Waals surface area (Å²) >= 11 is 0. The molecule has 0 bridgehead atoms. The van der Waals surface area contributed by atoms with Crippen LogP contribution in [0.1, 0.15) is 6.42 Å². The van der Waals surface area contributed by atoms with Gasteiger partial charge >= 0.3 is 0 Å². The summed E-state index contributed by atoms with van der Waals surface area (Å²) < 4.78 is 29.6. The van der Waals surface area contributed by atoms with E-state index in [0.717, 1.165) is 12.7 Å². The fourth-order valence-electron chi connectivity index (χ4n) is 2.54. The number of hydrogen-bond acceptors (Lipinski definition) is 5. The molecule has 2 rings (SSSR count). The zero-order valence-electron chi connectivity index (χ0n) is 10.7. The van der Waals surface area contributed by atoms with E-state index < -0.39 is 10.0 Å². The van der Waals surface area contributed by atoms with Crippen LogP contribution < -0.4 is 0 Å². The Morgan fingerprint density at radius 2 is 1.94 bits per heavy atom. The average molecular weight is 276 g/mol. The molecule has 18 heavy (non-hydrogen) atoms. The second-order valence-corrected chi connectivity index (χ2v) is 7.20. The highest BCUT2D eigenvalue weighted by Crippen LogP contribution is 2.27. The molecule has 0 radical (unpaired) electrons. The van der Waals surface area contributed by atoms with Crippen LogP contribution in [0.2, 0.25) is 0 Å². The van der Waals surface area contributed by atoms with Crippen molar-refractivity contribution in [1.82, 2.24) is 9.21 Å². The first kappa shape index (κ1) is 13.9. The first-order valence-corrected chi connectivity index (χ1v) is 8.02. The lowest BCUT2D eigenvalue weighted by atomic mass is 9.88. The number of piperazine rings is 1. The van der Waals surface area contributed by atoms with Crippen molar-refractivity contribution in [3.8, 4) is 0 Å². The molecule has 1 atom stereocenters. The first-order chi connectivity index (χ1) is 8.45. The van der Waals surface area contributed by atoms with Crippen LogP contribution in [0, 0.1) is 5.41 Å². The maximum Gasteiger partial charge on any atom is 0.211 e. The molecule has 6 nitrogen and oxygen atoms in total. The van der Waals surface area contributed by atoms with Crippen molar-refractivity contribution >= 4 is 16.3 Å². The van der Waals surface area contributed by atoms with E-state index in [4.69, 9.17) is 4.74 Å². The summed E-state index contributed by atoms with van der Waals surface area (Å²) in [6, 6.07) is 0. The lowest BCUT2D eigenvalue weighted by Crippen LogP contribution is -2.51. The number of hydrogen-bond donors (Lipinski definition) is 0. The molecule has 0 amide bonds. The minimum Gasteiger partial charge on any atom is -0.380 e. The van der Waals surface area contributed by atoms with E-state index in [0.29, 0.717) is 45.9 Å². The lowest BCUT2D eigenvalue weighted by molar-refractivity contribution is -0.117. The van der Waals surface area contributed by atoms with Crippen molar-refractivity contribution in [3.63, 3.8) is 0 Å². The minimum atomic E-state index is -3.08. The van der Waals surface area contributed by atoms with Crippen molar-refractivity contribution < 1.29 is 17.9 Å². The molecule has 0 aliphatic carbocycles. The molecule has 0 N–H and O–H groups in total. The van der Waals surface area contributed by atoms with E-state index in [-0.39, 0.29) is 5.41 Å². The Kier molecular flexibility index (Phi) is 4.05. The van der Waals surface area contributed by atoms with Crippen LogP contribution in [0.25, 0.3) is 0 Å². The number of ether oxygens (including phenoxy) is 1. The maximum atomic E-state index is 11.4. The SMILES string of the molecule is CS(=O)(=O)N1CCN(CC2(C=O)CCOC2)CC1. The smallest absolute Gasteiger partial charge is 0.211 e. The number of carbonyl (C=O) groups excluding carboxylic acids is 1. The van der Waals surface area contributed by atoms with Gasteiger partial charge in [-0.2, -0.15) is 4.31 Å². The van der Waals surface area contributed by atoms with Crippen LogP contribution in [0.4, 0.5) is 0 Å². The van der Waals surface area contributed by atoms with Crippen molar-refractivity contribution in [2.24, 2.45) is 5.41 Å². The predicted octanol–water partition coefficient (Wildman–Crippen LogP) is -0.831. The van der Waals surface area contributed by atoms with Crippen molar-refractivity contribution in [3.05, 3.63) is 0 Å². The van der Waals surface area contributed by atoms with Gasteiger partial charge in [0.15, 0.2) is 0 Å². The van der Waals surface area contributed by atoms with Gasteiger partial charge in [-0.1, -0.05) is 0 Å². The summed E-state index contributed by atoms with van der Waals surface area (Å²) in [7, 11) is -3.08. The van der Waals surface area contributed by atoms with Crippen LogP contribution in [-0.2, 0) is 19.6 Å². The maximum absolute atomic E-state index is 11.4. The molecule has 2 fully saturated rings. The summed E-state index contributed by atoms with van der Waals surface area (Å²) in [6.07, 6.45) is 3.01. The van der Waals surface area contributed by atoms with E-state index in [1.165, 1.54) is 10.6 Å². The number of sulfonamides is 1. The third kappa shape index (κ3) is 3.09. The monoisotopic (exact) mass is 276 g/mol. The Bertz CT molecular complexity index is 395. The topological polar surface area (TPSA) is 66.9 Å². The van der Waals surface area contributed by atoms with E-state index in [9.17, 15) is 13.2 Å². The van der Waals surface area contributed by atoms with Crippen LogP contribution >= 0.6 is 0 Å². The van der Waals surface area contributed by atoms with Gasteiger partial charge in [0.2, 0.25) is 10.0 Å². The minimum absolute atomic E-state index is 0.382. The van der Waals surface area contributed by atoms with E-state index in [2.05, 4.69) is 4.90 Å². The normalized spacial score (nSPS) is 31.6. The molecular weight excluding hydrogens is 256 g/mol. The number of aldehydes is 1. The molecule has 7 heteroatoms. The van der Waals surface area contributed by atoms with Crippen LogP contribution in [0.3, 0.4) is 0 Å². The summed E-state index contributed by atoms with van der Waals surface area (Å²) in [6.45, 7) is 4.19. The van der Waals surface area contributed by atoms with Crippen molar-refractivity contribution in [2.45, 2.75) is 6.42 Å². The van der Waals surface area contributed by atoms with Gasteiger partial charge < -0.3 is 9.53 Å². The van der Waals surface area contributed by atoms with E-state index in [1.807, 2.05) is 0 Å². The quantitative estimate of drug-likeness (QED) is 0.627. The molecule has 0 aromatic heterocycles. The second kappa shape index (κ2) is 5.24. The van der Waals surface area contributed by atoms with Gasteiger partial charge in [-0.05, 0) is 6.42 Å². The van der Waals surface area contributed by atoms with Crippen LogP contribution in [-0.4, -0.2) is 76.1 Å². The Balaban J connectivity index is 1.89. The Morgan fingerprint density at radius 3 is 2.39 bits per heavy atom. The predicted molar refractivity (Wildman–Crippen MR) is 66.8 cm³/mol. The standard InChI is InChI=1S/C11H20N2O4S/c1-18(15,16)13-5-3-12(4-6-13)8-11(9-14)2-7-17-10-11/h9H,2-8,10H2,1H3. The zero-order valence-corrected chi connectivity index (χ0v) is 11.5. The fourth-order valence-corrected chi connectivity index (χ4v) is 3.37. The van der Waals surface area contributed by atoms with E-state index >= 15 is 0 Å². The Morgan fingerprint density at radius 1 is 1.28 bits per heavy atom. The molecule has 2 aliphatic heterocycles. The zero-order chi connectivity index (χ0) is 13.2. The van der Waals surface area contributed by atoms with E-state index in [1.54, 1.807) is 0 Å². The molecular formula is C11H20N2O4S. The van der Waals surface area contributed by atoms with Gasteiger partial charge in [-0.3, -0.25) is 4.90 Å². The summed E-state index contributed by atoms with van der Waals surface area (Å²) in [5.74, 6) is 0. The molecule has 0 aromatic rings. The third-order valence-corrected chi connectivity index (χ3v) is 5.03. The van der Waals surface area contributed by atoms with Crippen LogP contribution in [0.15, 0.2) is 0 Å². The molecule has 2 aliphatic rings. The molecule has 0 spiro atoms. The average Bonchev–Trinajstić information content (AvgIpc) is 2.78. The molecule has 2 heterocycles. The van der Waals surface area contributed by atoms with Gasteiger partial charge in [0.1, 0.15) is 6.29 Å². The number of rotatable bonds is 4. The Hall–Kier alpha value is -0.500. The molecule has 0 saturated carbocycles. The van der Waals surface area contributed by atoms with Gasteiger partial charge in [-0.15, -0.1) is 0 Å². The highest BCUT2D eigenvalue weighted by atomic mass is 32.2. The summed E-state index contributed by atoms with van der Waals surface area (Å²) in [4.78, 5) is 13.4.